The van der Waals surface area contributed by atoms with Crippen molar-refractivity contribution in [1.82, 2.24) is 0 Å². The second-order valence-corrected chi connectivity index (χ2v) is 2.51. The Morgan fingerprint density at radius 1 is 1.50 bits per heavy atom. The number of nitrogens with zero attached hydrogens (tertiary/aromatic N) is 2. The third-order valence-electron chi connectivity index (χ3n) is 1.26. The lowest BCUT2D eigenvalue weighted by Gasteiger charge is -1.92. The van der Waals surface area contributed by atoms with Gasteiger partial charge in [-0.15, -0.1) is 0 Å². The van der Waals surface area contributed by atoms with Crippen molar-refractivity contribution >= 4 is 6.21 Å². The lowest BCUT2D eigenvalue weighted by molar-refractivity contribution is 1.25. The first kappa shape index (κ1) is 10.4. The van der Waals surface area contributed by atoms with E-state index in [1.165, 1.54) is 6.21 Å². The quantitative estimate of drug-likeness (QED) is 0.497. The Morgan fingerprint density at radius 2 is 2.08 bits per heavy atom. The van der Waals surface area contributed by atoms with Crippen LogP contribution in [0.5, 0.6) is 0 Å². The molecule has 3 heteroatoms. The van der Waals surface area contributed by atoms with Crippen LogP contribution in [0.25, 0.3) is 0 Å². The number of nitriles is 1. The molecular formula is C9H13N3. The van der Waals surface area contributed by atoms with Crippen molar-refractivity contribution in [2.75, 3.05) is 0 Å². The van der Waals surface area contributed by atoms with E-state index < -0.39 is 0 Å². The standard InChI is InChI=1S/C9H13N3/c1-4-8(11)6-12-9(5-10)7(2)3/h4,6H,11H2,1-3H3/b8-4+,12-6?. The molecule has 0 saturated heterocycles. The fourth-order valence-electron chi connectivity index (χ4n) is 0.483. The van der Waals surface area contributed by atoms with Crippen LogP contribution < -0.4 is 5.73 Å². The average molecular weight is 163 g/mol. The molecule has 0 aromatic carbocycles. The molecule has 0 bridgehead atoms. The maximum Gasteiger partial charge on any atom is 0.139 e. The largest absolute Gasteiger partial charge is 0.398 e. The highest BCUT2D eigenvalue weighted by atomic mass is 14.8. The van der Waals surface area contributed by atoms with Crippen LogP contribution in [0.3, 0.4) is 0 Å². The fourth-order valence-corrected chi connectivity index (χ4v) is 0.483. The van der Waals surface area contributed by atoms with Crippen molar-refractivity contribution < 1.29 is 0 Å². The number of aliphatic imine (C=N–C) groups is 1. The highest BCUT2D eigenvalue weighted by Gasteiger charge is 1.92. The minimum Gasteiger partial charge on any atom is -0.398 e. The van der Waals surface area contributed by atoms with Gasteiger partial charge < -0.3 is 5.73 Å². The number of hydrogen-bond acceptors (Lipinski definition) is 3. The summed E-state index contributed by atoms with van der Waals surface area (Å²) in [5, 5.41) is 8.60. The average Bonchev–Trinajstić information content (AvgIpc) is 2.04. The van der Waals surface area contributed by atoms with E-state index in [-0.39, 0.29) is 0 Å². The van der Waals surface area contributed by atoms with E-state index in [0.29, 0.717) is 11.4 Å². The van der Waals surface area contributed by atoms with Gasteiger partial charge in [0.05, 0.1) is 6.21 Å². The van der Waals surface area contributed by atoms with Gasteiger partial charge in [0.2, 0.25) is 0 Å². The fraction of sp³-hybridized carbons (Fsp3) is 0.333. The van der Waals surface area contributed by atoms with Crippen molar-refractivity contribution in [2.45, 2.75) is 20.8 Å². The van der Waals surface area contributed by atoms with Crippen LogP contribution >= 0.6 is 0 Å². The lowest BCUT2D eigenvalue weighted by Crippen LogP contribution is -1.97. The predicted molar refractivity (Wildman–Crippen MR) is 50.4 cm³/mol. The Kier molecular flexibility index (Phi) is 4.47. The second-order valence-electron chi connectivity index (χ2n) is 2.51. The number of nitrogens with two attached hydrogens (primary N) is 1. The minimum atomic E-state index is 0.416. The Labute approximate surface area is 72.9 Å². The summed E-state index contributed by atoms with van der Waals surface area (Å²) in [5.41, 5.74) is 7.32. The monoisotopic (exact) mass is 163 g/mol. The Hall–Kier alpha value is -1.56. The smallest absolute Gasteiger partial charge is 0.139 e. The molecule has 0 unspecified atom stereocenters. The minimum absolute atomic E-state index is 0.416. The van der Waals surface area contributed by atoms with Crippen molar-refractivity contribution in [2.24, 2.45) is 10.7 Å². The summed E-state index contributed by atoms with van der Waals surface area (Å²) in [5.74, 6) is 0. The lowest BCUT2D eigenvalue weighted by atomic mass is 10.3. The summed E-state index contributed by atoms with van der Waals surface area (Å²) in [6.07, 6.45) is 3.20. The highest BCUT2D eigenvalue weighted by Crippen LogP contribution is 2.02. The van der Waals surface area contributed by atoms with Gasteiger partial charge in [0, 0.05) is 5.70 Å². The number of allylic oxidation sites excluding steroid dienone is 4. The molecule has 0 heterocycles. The van der Waals surface area contributed by atoms with Gasteiger partial charge in [-0.05, 0) is 26.3 Å². The molecule has 0 rings (SSSR count). The third kappa shape index (κ3) is 3.57. The molecule has 0 amide bonds. The normalized spacial score (nSPS) is 11.3. The molecule has 64 valence electrons. The van der Waals surface area contributed by atoms with Gasteiger partial charge in [-0.1, -0.05) is 6.08 Å². The van der Waals surface area contributed by atoms with Crippen LogP contribution in [0, 0.1) is 11.3 Å². The van der Waals surface area contributed by atoms with E-state index in [1.807, 2.05) is 26.8 Å². The molecule has 12 heavy (non-hydrogen) atoms. The maximum absolute atomic E-state index is 8.60. The summed E-state index contributed by atoms with van der Waals surface area (Å²) in [6.45, 7) is 5.49. The zero-order chi connectivity index (χ0) is 9.56. The summed E-state index contributed by atoms with van der Waals surface area (Å²) in [7, 11) is 0. The SMILES string of the molecule is C/C=C(/N)C=NC(C#N)=C(C)C. The van der Waals surface area contributed by atoms with E-state index in [0.717, 1.165) is 5.57 Å². The first-order chi connectivity index (χ1) is 5.61. The van der Waals surface area contributed by atoms with Gasteiger partial charge in [-0.3, -0.25) is 0 Å². The van der Waals surface area contributed by atoms with Gasteiger partial charge in [0.15, 0.2) is 0 Å². The molecule has 0 radical (unpaired) electrons. The molecule has 0 spiro atoms. The number of hydrogen-bond donors (Lipinski definition) is 1. The molecule has 0 fully saturated rings. The van der Waals surface area contributed by atoms with Crippen LogP contribution in [0.2, 0.25) is 0 Å². The summed E-state index contributed by atoms with van der Waals surface area (Å²) < 4.78 is 0. The zero-order valence-electron chi connectivity index (χ0n) is 7.63. The van der Waals surface area contributed by atoms with Crippen LogP contribution in [0.15, 0.2) is 28.0 Å². The molecule has 0 saturated carbocycles. The summed E-state index contributed by atoms with van der Waals surface area (Å²) in [4.78, 5) is 3.91. The van der Waals surface area contributed by atoms with Gasteiger partial charge in [-0.25, -0.2) is 4.99 Å². The molecule has 2 N–H and O–H groups in total. The topological polar surface area (TPSA) is 62.2 Å². The third-order valence-corrected chi connectivity index (χ3v) is 1.26. The maximum atomic E-state index is 8.60. The van der Waals surface area contributed by atoms with Gasteiger partial charge in [-0.2, -0.15) is 5.26 Å². The molecule has 0 aromatic heterocycles. The van der Waals surface area contributed by atoms with Crippen LogP contribution in [-0.4, -0.2) is 6.21 Å². The zero-order valence-corrected chi connectivity index (χ0v) is 7.63. The van der Waals surface area contributed by atoms with Crippen LogP contribution in [0.1, 0.15) is 20.8 Å². The second kappa shape index (κ2) is 5.14. The van der Waals surface area contributed by atoms with E-state index in [4.69, 9.17) is 11.0 Å². The first-order valence-corrected chi connectivity index (χ1v) is 3.65. The Bertz CT molecular complexity index is 273. The predicted octanol–water partition coefficient (Wildman–Crippen LogP) is 1.74. The van der Waals surface area contributed by atoms with Gasteiger partial charge >= 0.3 is 0 Å². The molecular weight excluding hydrogens is 150 g/mol. The molecule has 0 aliphatic rings. The van der Waals surface area contributed by atoms with Crippen molar-refractivity contribution in [3.05, 3.63) is 23.0 Å². The molecule has 0 aromatic rings. The molecule has 3 nitrogen and oxygen atoms in total. The van der Waals surface area contributed by atoms with Crippen molar-refractivity contribution in [3.63, 3.8) is 0 Å². The van der Waals surface area contributed by atoms with Crippen LogP contribution in [-0.2, 0) is 0 Å². The first-order valence-electron chi connectivity index (χ1n) is 3.65. The van der Waals surface area contributed by atoms with E-state index >= 15 is 0 Å². The molecule has 0 aliphatic carbocycles. The van der Waals surface area contributed by atoms with Crippen LogP contribution in [0.4, 0.5) is 0 Å². The summed E-state index contributed by atoms with van der Waals surface area (Å²) in [6, 6.07) is 1.98. The molecule has 0 aliphatic heterocycles. The van der Waals surface area contributed by atoms with E-state index in [1.54, 1.807) is 6.08 Å². The Morgan fingerprint density at radius 3 is 2.42 bits per heavy atom. The number of rotatable bonds is 2. The van der Waals surface area contributed by atoms with E-state index in [9.17, 15) is 0 Å². The van der Waals surface area contributed by atoms with Gasteiger partial charge in [0.1, 0.15) is 11.8 Å². The van der Waals surface area contributed by atoms with Crippen molar-refractivity contribution in [3.8, 4) is 6.07 Å². The molecule has 0 atom stereocenters. The Balaban J connectivity index is 4.57. The van der Waals surface area contributed by atoms with Gasteiger partial charge in [0.25, 0.3) is 0 Å². The van der Waals surface area contributed by atoms with Crippen molar-refractivity contribution in [1.29, 1.82) is 5.26 Å². The highest BCUT2D eigenvalue weighted by molar-refractivity contribution is 5.78. The summed E-state index contributed by atoms with van der Waals surface area (Å²) >= 11 is 0. The van der Waals surface area contributed by atoms with E-state index in [2.05, 4.69) is 4.99 Å².